The van der Waals surface area contributed by atoms with Gasteiger partial charge in [-0.05, 0) is 69.3 Å². The minimum atomic E-state index is -0.670. The summed E-state index contributed by atoms with van der Waals surface area (Å²) in [6, 6.07) is 4.05. The second kappa shape index (κ2) is 8.00. The van der Waals surface area contributed by atoms with Crippen molar-refractivity contribution in [2.75, 3.05) is 7.11 Å². The highest BCUT2D eigenvalue weighted by molar-refractivity contribution is 9.11. The highest BCUT2D eigenvalue weighted by atomic mass is 79.9. The predicted octanol–water partition coefficient (Wildman–Crippen LogP) is 3.43. The Labute approximate surface area is 136 Å². The average molecular weight is 409 g/mol. The first-order valence-corrected chi connectivity index (χ1v) is 7.95. The smallest absolute Gasteiger partial charge is 0.346 e. The number of hydrogen-bond acceptors (Lipinski definition) is 4. The van der Waals surface area contributed by atoms with Crippen LogP contribution in [0, 0.1) is 0 Å². The van der Waals surface area contributed by atoms with Gasteiger partial charge in [0.1, 0.15) is 5.75 Å². The van der Waals surface area contributed by atoms with E-state index in [4.69, 9.17) is 10.5 Å². The molecule has 112 valence electrons. The molecule has 0 aliphatic rings. The van der Waals surface area contributed by atoms with Crippen LogP contribution in [-0.4, -0.2) is 25.2 Å². The van der Waals surface area contributed by atoms with Crippen LogP contribution in [0.1, 0.15) is 25.8 Å². The zero-order valence-corrected chi connectivity index (χ0v) is 15.0. The van der Waals surface area contributed by atoms with Gasteiger partial charge in [-0.25, -0.2) is 4.79 Å². The first-order chi connectivity index (χ1) is 9.38. The van der Waals surface area contributed by atoms with Crippen LogP contribution in [0.3, 0.4) is 0 Å². The molecule has 0 saturated heterocycles. The van der Waals surface area contributed by atoms with E-state index >= 15 is 0 Å². The summed E-state index contributed by atoms with van der Waals surface area (Å²) in [5.41, 5.74) is 7.07. The molecule has 0 fully saturated rings. The van der Waals surface area contributed by atoms with Gasteiger partial charge < -0.3 is 15.2 Å². The number of ether oxygens (including phenoxy) is 2. The van der Waals surface area contributed by atoms with Crippen LogP contribution in [0.5, 0.6) is 5.75 Å². The fraction of sp³-hybridized carbons (Fsp3) is 0.500. The summed E-state index contributed by atoms with van der Waals surface area (Å²) in [5, 5.41) is 0. The van der Waals surface area contributed by atoms with Crippen LogP contribution in [-0.2, 0) is 16.0 Å². The molecule has 20 heavy (non-hydrogen) atoms. The second-order valence-electron chi connectivity index (χ2n) is 4.54. The molecule has 0 radical (unpaired) electrons. The maximum absolute atomic E-state index is 11.4. The van der Waals surface area contributed by atoms with Gasteiger partial charge in [0.15, 0.2) is 6.10 Å². The van der Waals surface area contributed by atoms with Crippen molar-refractivity contribution in [1.82, 2.24) is 0 Å². The van der Waals surface area contributed by atoms with Gasteiger partial charge in [0.05, 0.1) is 16.1 Å². The Morgan fingerprint density at radius 2 is 1.90 bits per heavy atom. The Morgan fingerprint density at radius 3 is 2.35 bits per heavy atom. The summed E-state index contributed by atoms with van der Waals surface area (Å²) in [5.74, 6) is 0.164. The fourth-order valence-electron chi connectivity index (χ4n) is 1.68. The van der Waals surface area contributed by atoms with Crippen molar-refractivity contribution in [1.29, 1.82) is 0 Å². The molecule has 0 amide bonds. The third kappa shape index (κ3) is 4.75. The molecule has 2 N–H and O–H groups in total. The van der Waals surface area contributed by atoms with Crippen molar-refractivity contribution in [2.24, 2.45) is 5.73 Å². The van der Waals surface area contributed by atoms with Crippen LogP contribution in [0.2, 0.25) is 0 Å². The number of esters is 1. The summed E-state index contributed by atoms with van der Waals surface area (Å²) in [6.07, 6.45) is 1.05. The molecule has 0 heterocycles. The quantitative estimate of drug-likeness (QED) is 0.732. The maximum atomic E-state index is 11.4. The van der Waals surface area contributed by atoms with Crippen LogP contribution in [0.15, 0.2) is 21.1 Å². The molecule has 1 aromatic rings. The highest BCUT2D eigenvalue weighted by Gasteiger charge is 2.19. The van der Waals surface area contributed by atoms with E-state index in [0.717, 1.165) is 27.4 Å². The van der Waals surface area contributed by atoms with Crippen molar-refractivity contribution in [3.63, 3.8) is 0 Å². The molecule has 1 aromatic carbocycles. The van der Waals surface area contributed by atoms with E-state index in [2.05, 4.69) is 43.5 Å². The van der Waals surface area contributed by atoms with E-state index in [1.165, 1.54) is 7.11 Å². The number of nitrogens with two attached hydrogens (primary N) is 1. The molecule has 0 saturated carbocycles. The molecular weight excluding hydrogens is 390 g/mol. The molecule has 0 bridgehead atoms. The molecule has 0 aliphatic carbocycles. The molecule has 6 heteroatoms. The van der Waals surface area contributed by atoms with Gasteiger partial charge >= 0.3 is 5.97 Å². The predicted molar refractivity (Wildman–Crippen MR) is 85.9 cm³/mol. The number of carbonyl (C=O) groups is 1. The summed E-state index contributed by atoms with van der Waals surface area (Å²) in [4.78, 5) is 11.4. The average Bonchev–Trinajstić information content (AvgIpc) is 2.41. The molecule has 0 spiro atoms. The minimum absolute atomic E-state index is 0.134. The van der Waals surface area contributed by atoms with Crippen molar-refractivity contribution in [3.05, 3.63) is 26.6 Å². The fourth-order valence-corrected chi connectivity index (χ4v) is 3.15. The van der Waals surface area contributed by atoms with E-state index in [1.807, 2.05) is 12.1 Å². The summed E-state index contributed by atoms with van der Waals surface area (Å²) < 4.78 is 11.8. The SMILES string of the molecule is CCC(N)Cc1cc(Br)c(OC(C)C(=O)OC)c(Br)c1. The Balaban J connectivity index is 2.92. The summed E-state index contributed by atoms with van der Waals surface area (Å²) in [7, 11) is 1.33. The maximum Gasteiger partial charge on any atom is 0.346 e. The second-order valence-corrected chi connectivity index (χ2v) is 6.25. The van der Waals surface area contributed by atoms with E-state index in [1.54, 1.807) is 6.92 Å². The van der Waals surface area contributed by atoms with Crippen molar-refractivity contribution in [2.45, 2.75) is 38.8 Å². The lowest BCUT2D eigenvalue weighted by Gasteiger charge is -2.17. The van der Waals surface area contributed by atoms with E-state index in [9.17, 15) is 4.79 Å². The Hall–Kier alpha value is -0.590. The standard InChI is InChI=1S/C14H19Br2NO3/c1-4-10(17)5-9-6-11(15)13(12(16)7-9)20-8(2)14(18)19-3/h6-8,10H,4-5,17H2,1-3H3. The lowest BCUT2D eigenvalue weighted by molar-refractivity contribution is -0.147. The van der Waals surface area contributed by atoms with E-state index < -0.39 is 12.1 Å². The van der Waals surface area contributed by atoms with Crippen molar-refractivity contribution < 1.29 is 14.3 Å². The zero-order valence-electron chi connectivity index (χ0n) is 11.8. The van der Waals surface area contributed by atoms with Crippen molar-refractivity contribution in [3.8, 4) is 5.75 Å². The van der Waals surface area contributed by atoms with Gasteiger partial charge in [-0.3, -0.25) is 0 Å². The van der Waals surface area contributed by atoms with Crippen LogP contribution >= 0.6 is 31.9 Å². The number of benzene rings is 1. The molecular formula is C14H19Br2NO3. The molecule has 1 rings (SSSR count). The minimum Gasteiger partial charge on any atom is -0.477 e. The number of carbonyl (C=O) groups excluding carboxylic acids is 1. The monoisotopic (exact) mass is 407 g/mol. The van der Waals surface area contributed by atoms with Crippen LogP contribution in [0.25, 0.3) is 0 Å². The summed E-state index contributed by atoms with van der Waals surface area (Å²) in [6.45, 7) is 3.70. The lowest BCUT2D eigenvalue weighted by Crippen LogP contribution is -2.25. The number of methoxy groups -OCH3 is 1. The number of halogens is 2. The van der Waals surface area contributed by atoms with Crippen LogP contribution < -0.4 is 10.5 Å². The van der Waals surface area contributed by atoms with Crippen LogP contribution in [0.4, 0.5) is 0 Å². The first kappa shape index (κ1) is 17.5. The number of rotatable bonds is 6. The molecule has 0 aliphatic heterocycles. The Kier molecular flexibility index (Phi) is 6.99. The molecule has 2 unspecified atom stereocenters. The third-order valence-electron chi connectivity index (χ3n) is 2.91. The van der Waals surface area contributed by atoms with E-state index in [-0.39, 0.29) is 6.04 Å². The normalized spacial score (nSPS) is 13.7. The van der Waals surface area contributed by atoms with Gasteiger partial charge in [0.25, 0.3) is 0 Å². The van der Waals surface area contributed by atoms with Crippen molar-refractivity contribution >= 4 is 37.8 Å². The highest BCUT2D eigenvalue weighted by Crippen LogP contribution is 2.35. The Morgan fingerprint density at radius 1 is 1.35 bits per heavy atom. The Bertz CT molecular complexity index is 456. The largest absolute Gasteiger partial charge is 0.477 e. The van der Waals surface area contributed by atoms with Gasteiger partial charge in [-0.15, -0.1) is 0 Å². The van der Waals surface area contributed by atoms with Gasteiger partial charge in [0.2, 0.25) is 0 Å². The van der Waals surface area contributed by atoms with E-state index in [0.29, 0.717) is 5.75 Å². The summed E-state index contributed by atoms with van der Waals surface area (Å²) >= 11 is 6.92. The molecule has 0 aromatic heterocycles. The third-order valence-corrected chi connectivity index (χ3v) is 4.09. The topological polar surface area (TPSA) is 61.5 Å². The van der Waals surface area contributed by atoms with Gasteiger partial charge in [-0.1, -0.05) is 6.92 Å². The molecule has 2 atom stereocenters. The van der Waals surface area contributed by atoms with Gasteiger partial charge in [-0.2, -0.15) is 0 Å². The zero-order chi connectivity index (χ0) is 15.3. The number of hydrogen-bond donors (Lipinski definition) is 1. The lowest BCUT2D eigenvalue weighted by atomic mass is 10.0. The van der Waals surface area contributed by atoms with Gasteiger partial charge in [0, 0.05) is 6.04 Å². The molecule has 4 nitrogen and oxygen atoms in total. The first-order valence-electron chi connectivity index (χ1n) is 6.37.